The second-order valence-corrected chi connectivity index (χ2v) is 9.00. The van der Waals surface area contributed by atoms with Crippen molar-refractivity contribution in [2.45, 2.75) is 51.7 Å². The molecule has 1 saturated heterocycles. The number of aromatic nitrogens is 2. The molecule has 6 nitrogen and oxygen atoms in total. The molecule has 1 aliphatic rings. The molecule has 1 aromatic carbocycles. The van der Waals surface area contributed by atoms with E-state index in [9.17, 15) is 4.79 Å². The second-order valence-electron chi connectivity index (χ2n) is 8.61. The zero-order chi connectivity index (χ0) is 23.4. The van der Waals surface area contributed by atoms with E-state index < -0.39 is 0 Å². The zero-order valence-corrected chi connectivity index (χ0v) is 20.2. The van der Waals surface area contributed by atoms with E-state index in [4.69, 9.17) is 12.2 Å². The normalized spacial score (nSPS) is 17.9. The fraction of sp³-hybridized carbons (Fsp3) is 0.346. The van der Waals surface area contributed by atoms with Gasteiger partial charge in [-0.3, -0.25) is 9.78 Å². The molecule has 2 N–H and O–H groups in total. The Balaban J connectivity index is 1.54. The summed E-state index contributed by atoms with van der Waals surface area (Å²) in [6.45, 7) is 6.93. The lowest BCUT2D eigenvalue weighted by atomic mass is 9.99. The Morgan fingerprint density at radius 3 is 2.67 bits per heavy atom. The molecule has 3 aromatic rings. The molecule has 0 radical (unpaired) electrons. The number of carbonyl (C=O) groups excluding carboxylic acids is 1. The molecule has 33 heavy (non-hydrogen) atoms. The molecule has 0 spiro atoms. The van der Waals surface area contributed by atoms with Gasteiger partial charge in [0, 0.05) is 43.3 Å². The molecule has 4 rings (SSSR count). The predicted octanol–water partition coefficient (Wildman–Crippen LogP) is 5.03. The van der Waals surface area contributed by atoms with Crippen LogP contribution >= 0.6 is 12.2 Å². The number of thiocarbonyl (C=S) groups is 1. The molecule has 2 aromatic heterocycles. The summed E-state index contributed by atoms with van der Waals surface area (Å²) < 4.78 is 2.19. The highest BCUT2D eigenvalue weighted by atomic mass is 32.1. The largest absolute Gasteiger partial charge is 0.352 e. The van der Waals surface area contributed by atoms with Gasteiger partial charge in [0.1, 0.15) is 0 Å². The quantitative estimate of drug-likeness (QED) is 0.461. The maximum atomic E-state index is 12.8. The van der Waals surface area contributed by atoms with Crippen LogP contribution in [0.25, 0.3) is 0 Å². The topological polar surface area (TPSA) is 62.2 Å². The van der Waals surface area contributed by atoms with Gasteiger partial charge in [-0.15, -0.1) is 0 Å². The number of amides is 1. The second kappa shape index (κ2) is 10.2. The summed E-state index contributed by atoms with van der Waals surface area (Å²) >= 11 is 5.72. The van der Waals surface area contributed by atoms with E-state index in [2.05, 4.69) is 64.3 Å². The van der Waals surface area contributed by atoms with Gasteiger partial charge in [-0.2, -0.15) is 0 Å². The molecule has 7 heteroatoms. The summed E-state index contributed by atoms with van der Waals surface area (Å²) in [5, 5.41) is 7.17. The number of rotatable bonds is 8. The minimum Gasteiger partial charge on any atom is -0.352 e. The Morgan fingerprint density at radius 1 is 1.18 bits per heavy atom. The highest BCUT2D eigenvalue weighted by Gasteiger charge is 2.40. The third kappa shape index (κ3) is 5.09. The van der Waals surface area contributed by atoms with Gasteiger partial charge in [0.05, 0.1) is 17.8 Å². The van der Waals surface area contributed by atoms with Crippen LogP contribution in [0.3, 0.4) is 0 Å². The molecule has 0 bridgehead atoms. The number of anilines is 1. The molecule has 1 amide bonds. The van der Waals surface area contributed by atoms with Crippen molar-refractivity contribution in [2.24, 2.45) is 0 Å². The fourth-order valence-corrected chi connectivity index (χ4v) is 4.65. The number of carbonyl (C=O) groups is 1. The maximum Gasteiger partial charge on any atom is 0.226 e. The summed E-state index contributed by atoms with van der Waals surface area (Å²) in [7, 11) is 0. The lowest BCUT2D eigenvalue weighted by Crippen LogP contribution is -2.32. The van der Waals surface area contributed by atoms with Crippen molar-refractivity contribution < 1.29 is 4.79 Å². The number of aryl methyl sites for hydroxylation is 1. The van der Waals surface area contributed by atoms with Crippen LogP contribution in [0, 0.1) is 0 Å². The van der Waals surface area contributed by atoms with Crippen molar-refractivity contribution in [1.29, 1.82) is 0 Å². The van der Waals surface area contributed by atoms with Gasteiger partial charge in [0.2, 0.25) is 5.91 Å². The molecule has 0 saturated carbocycles. The number of nitrogens with one attached hydrogen (secondary N) is 2. The first-order valence-corrected chi connectivity index (χ1v) is 11.9. The van der Waals surface area contributed by atoms with Crippen molar-refractivity contribution in [3.8, 4) is 0 Å². The molecule has 2 atom stereocenters. The van der Waals surface area contributed by atoms with Gasteiger partial charge >= 0.3 is 0 Å². The molecular weight excluding hydrogens is 430 g/mol. The summed E-state index contributed by atoms with van der Waals surface area (Å²) in [5.41, 5.74) is 4.10. The van der Waals surface area contributed by atoms with Crippen LogP contribution in [-0.4, -0.2) is 32.0 Å². The number of hydrogen-bond acceptors (Lipinski definition) is 3. The van der Waals surface area contributed by atoms with E-state index in [0.29, 0.717) is 24.1 Å². The first-order valence-electron chi connectivity index (χ1n) is 11.5. The Labute approximate surface area is 201 Å². The van der Waals surface area contributed by atoms with E-state index >= 15 is 0 Å². The molecule has 0 unspecified atom stereocenters. The number of hydrogen-bond donors (Lipinski definition) is 2. The van der Waals surface area contributed by atoms with Crippen molar-refractivity contribution in [2.75, 3.05) is 11.9 Å². The molecule has 1 aliphatic heterocycles. The number of para-hydroxylation sites is 1. The smallest absolute Gasteiger partial charge is 0.226 e. The average molecular weight is 462 g/mol. The van der Waals surface area contributed by atoms with Crippen LogP contribution in [0.1, 0.15) is 62.1 Å². The van der Waals surface area contributed by atoms with E-state index in [1.165, 1.54) is 0 Å². The summed E-state index contributed by atoms with van der Waals surface area (Å²) in [6, 6.07) is 16.2. The standard InChI is InChI=1S/C26H31N5OS/c1-4-19-9-5-6-10-21(19)28-23(32)13-16-31-25(20-12-15-30(17-20)18(2)3)24(29-26(31)33)22-11-7-8-14-27-22/h5-12,14-15,17-18,24-25H,4,13,16H2,1-3H3,(H,28,32)(H,29,33)/t24-,25-/m0/s1. The summed E-state index contributed by atoms with van der Waals surface area (Å²) in [6.07, 6.45) is 7.29. The van der Waals surface area contributed by atoms with Crippen molar-refractivity contribution >= 4 is 28.9 Å². The molecular formula is C26H31N5OS. The minimum atomic E-state index is -0.0782. The Morgan fingerprint density at radius 2 is 1.97 bits per heavy atom. The Bertz CT molecular complexity index is 1110. The van der Waals surface area contributed by atoms with Crippen LogP contribution in [0.5, 0.6) is 0 Å². The van der Waals surface area contributed by atoms with Gasteiger partial charge in [0.25, 0.3) is 0 Å². The van der Waals surface area contributed by atoms with Crippen LogP contribution in [0.15, 0.2) is 67.1 Å². The molecule has 3 heterocycles. The number of pyridine rings is 1. The van der Waals surface area contributed by atoms with Gasteiger partial charge in [-0.1, -0.05) is 31.2 Å². The van der Waals surface area contributed by atoms with Crippen molar-refractivity contribution in [3.05, 3.63) is 83.9 Å². The van der Waals surface area contributed by atoms with Crippen LogP contribution in [0.2, 0.25) is 0 Å². The first kappa shape index (κ1) is 23.0. The van der Waals surface area contributed by atoms with Crippen LogP contribution in [-0.2, 0) is 11.2 Å². The lowest BCUT2D eigenvalue weighted by Gasteiger charge is -2.27. The highest BCUT2D eigenvalue weighted by molar-refractivity contribution is 7.80. The van der Waals surface area contributed by atoms with Gasteiger partial charge in [-0.05, 0) is 67.9 Å². The lowest BCUT2D eigenvalue weighted by molar-refractivity contribution is -0.116. The summed E-state index contributed by atoms with van der Waals surface area (Å²) in [4.78, 5) is 19.5. The molecule has 1 fully saturated rings. The van der Waals surface area contributed by atoms with E-state index in [0.717, 1.165) is 28.9 Å². The predicted molar refractivity (Wildman–Crippen MR) is 136 cm³/mol. The maximum absolute atomic E-state index is 12.8. The van der Waals surface area contributed by atoms with Crippen molar-refractivity contribution in [1.82, 2.24) is 19.8 Å². The first-order chi connectivity index (χ1) is 16.0. The Hall–Kier alpha value is -3.19. The average Bonchev–Trinajstić information content (AvgIpc) is 3.43. The van der Waals surface area contributed by atoms with E-state index in [1.54, 1.807) is 6.20 Å². The Kier molecular flexibility index (Phi) is 7.08. The van der Waals surface area contributed by atoms with Crippen LogP contribution in [0.4, 0.5) is 5.69 Å². The minimum absolute atomic E-state index is 0.0153. The fourth-order valence-electron chi connectivity index (χ4n) is 4.32. The molecule has 172 valence electrons. The summed E-state index contributed by atoms with van der Waals surface area (Å²) in [5.74, 6) is -0.0153. The number of benzene rings is 1. The third-order valence-corrected chi connectivity index (χ3v) is 6.48. The highest BCUT2D eigenvalue weighted by Crippen LogP contribution is 2.39. The van der Waals surface area contributed by atoms with E-state index in [-0.39, 0.29) is 18.0 Å². The third-order valence-electron chi connectivity index (χ3n) is 6.12. The van der Waals surface area contributed by atoms with Crippen LogP contribution < -0.4 is 10.6 Å². The van der Waals surface area contributed by atoms with Gasteiger partial charge in [0.15, 0.2) is 5.11 Å². The van der Waals surface area contributed by atoms with Gasteiger partial charge in [-0.25, -0.2) is 0 Å². The SMILES string of the molecule is CCc1ccccc1NC(=O)CCN1C(=S)N[C@@H](c2ccccn2)[C@@H]1c1ccn(C(C)C)c1. The van der Waals surface area contributed by atoms with Crippen molar-refractivity contribution in [3.63, 3.8) is 0 Å². The van der Waals surface area contributed by atoms with Gasteiger partial charge < -0.3 is 20.1 Å². The molecule has 0 aliphatic carbocycles. The zero-order valence-electron chi connectivity index (χ0n) is 19.4. The monoisotopic (exact) mass is 461 g/mol. The van der Waals surface area contributed by atoms with E-state index in [1.807, 2.05) is 42.5 Å². The number of nitrogens with zero attached hydrogens (tertiary/aromatic N) is 3.